The van der Waals surface area contributed by atoms with Crippen molar-refractivity contribution in [2.45, 2.75) is 24.7 Å². The summed E-state index contributed by atoms with van der Waals surface area (Å²) in [5.41, 5.74) is 1.18. The Labute approximate surface area is 150 Å². The van der Waals surface area contributed by atoms with E-state index in [0.29, 0.717) is 4.88 Å². The van der Waals surface area contributed by atoms with Crippen LogP contribution >= 0.6 is 11.3 Å². The summed E-state index contributed by atoms with van der Waals surface area (Å²) in [4.78, 5) is 24.8. The van der Waals surface area contributed by atoms with Crippen LogP contribution in [0.15, 0.2) is 34.5 Å². The molecule has 0 spiro atoms. The molecule has 25 heavy (non-hydrogen) atoms. The van der Waals surface area contributed by atoms with Crippen LogP contribution in [0.5, 0.6) is 0 Å². The monoisotopic (exact) mass is 381 g/mol. The van der Waals surface area contributed by atoms with E-state index in [9.17, 15) is 18.0 Å². The predicted molar refractivity (Wildman–Crippen MR) is 97.3 cm³/mol. The zero-order chi connectivity index (χ0) is 18.8. The van der Waals surface area contributed by atoms with Crippen LogP contribution in [-0.4, -0.2) is 33.7 Å². The smallest absolute Gasteiger partial charge is 0.337 e. The van der Waals surface area contributed by atoms with Gasteiger partial charge >= 0.3 is 5.97 Å². The normalized spacial score (nSPS) is 11.4. The topological polar surface area (TPSA) is 89.5 Å². The molecule has 8 heteroatoms. The Morgan fingerprint density at radius 1 is 1.20 bits per heavy atom. The number of carbonyl (C=O) groups is 2. The molecule has 0 aliphatic heterocycles. The van der Waals surface area contributed by atoms with E-state index in [1.807, 2.05) is 25.3 Å². The largest absolute Gasteiger partial charge is 0.465 e. The molecule has 0 saturated carbocycles. The average molecular weight is 381 g/mol. The summed E-state index contributed by atoms with van der Waals surface area (Å²) >= 11 is 1.31. The minimum Gasteiger partial charge on any atom is -0.465 e. The molecular formula is C17H19NO5S2. The van der Waals surface area contributed by atoms with Gasteiger partial charge in [0, 0.05) is 11.9 Å². The molecule has 2 rings (SSSR count). The molecule has 0 fully saturated rings. The van der Waals surface area contributed by atoms with Crippen LogP contribution in [0.3, 0.4) is 0 Å². The average Bonchev–Trinajstić information content (AvgIpc) is 3.03. The minimum absolute atomic E-state index is 0.0518. The summed E-state index contributed by atoms with van der Waals surface area (Å²) in [5.74, 6) is -0.847. The minimum atomic E-state index is -3.56. The highest BCUT2D eigenvalue weighted by Crippen LogP contribution is 2.26. The number of carbonyl (C=O) groups excluding carboxylic acids is 2. The van der Waals surface area contributed by atoms with Crippen LogP contribution in [0.4, 0.5) is 5.69 Å². The molecule has 0 saturated heterocycles. The lowest BCUT2D eigenvalue weighted by molar-refractivity contribution is 0.0600. The number of benzene rings is 1. The third-order valence-electron chi connectivity index (χ3n) is 3.54. The van der Waals surface area contributed by atoms with Crippen molar-refractivity contribution in [1.82, 2.24) is 0 Å². The third-order valence-corrected chi connectivity index (χ3v) is 5.56. The van der Waals surface area contributed by atoms with Gasteiger partial charge < -0.3 is 10.1 Å². The predicted octanol–water partition coefficient (Wildman–Crippen LogP) is 3.31. The number of esters is 1. The first-order valence-electron chi connectivity index (χ1n) is 7.45. The van der Waals surface area contributed by atoms with Crippen molar-refractivity contribution < 1.29 is 22.7 Å². The van der Waals surface area contributed by atoms with Crippen LogP contribution < -0.4 is 5.32 Å². The van der Waals surface area contributed by atoms with E-state index in [1.54, 1.807) is 0 Å². The maximum absolute atomic E-state index is 12.5. The molecule has 1 aromatic heterocycles. The number of anilines is 1. The SMILES string of the molecule is COC(=O)c1cc(NC(=O)c2sccc2C(C)C)cc(S(C)(=O)=O)c1. The van der Waals surface area contributed by atoms with Gasteiger partial charge in [-0.05, 0) is 41.1 Å². The highest BCUT2D eigenvalue weighted by Gasteiger charge is 2.19. The first kappa shape index (κ1) is 19.1. The van der Waals surface area contributed by atoms with Crippen LogP contribution in [0.2, 0.25) is 0 Å². The summed E-state index contributed by atoms with van der Waals surface area (Å²) in [5, 5.41) is 4.50. The Morgan fingerprint density at radius 2 is 1.88 bits per heavy atom. The van der Waals surface area contributed by atoms with Gasteiger partial charge in [0.15, 0.2) is 9.84 Å². The number of thiophene rings is 1. The van der Waals surface area contributed by atoms with Gasteiger partial charge in [-0.25, -0.2) is 13.2 Å². The molecule has 0 radical (unpaired) electrons. The number of methoxy groups -OCH3 is 1. The van der Waals surface area contributed by atoms with Gasteiger partial charge in [-0.15, -0.1) is 11.3 Å². The first-order valence-corrected chi connectivity index (χ1v) is 10.2. The summed E-state index contributed by atoms with van der Waals surface area (Å²) in [6.45, 7) is 3.97. The molecule has 6 nitrogen and oxygen atoms in total. The van der Waals surface area contributed by atoms with Gasteiger partial charge in [0.1, 0.15) is 0 Å². The molecular weight excluding hydrogens is 362 g/mol. The zero-order valence-corrected chi connectivity index (χ0v) is 16.0. The van der Waals surface area contributed by atoms with Gasteiger partial charge in [-0.3, -0.25) is 4.79 Å². The number of ether oxygens (including phenoxy) is 1. The number of hydrogen-bond donors (Lipinski definition) is 1. The van der Waals surface area contributed by atoms with E-state index in [1.165, 1.54) is 36.6 Å². The van der Waals surface area contributed by atoms with Crippen LogP contribution in [0, 0.1) is 0 Å². The molecule has 0 bridgehead atoms. The van der Waals surface area contributed by atoms with Gasteiger partial charge in [0.25, 0.3) is 5.91 Å². The van der Waals surface area contributed by atoms with E-state index in [0.717, 1.165) is 11.8 Å². The molecule has 0 aliphatic carbocycles. The molecule has 1 heterocycles. The molecule has 0 unspecified atom stereocenters. The molecule has 0 aliphatic rings. The van der Waals surface area contributed by atoms with Crippen LogP contribution in [0.1, 0.15) is 45.4 Å². The second-order valence-electron chi connectivity index (χ2n) is 5.82. The van der Waals surface area contributed by atoms with E-state index in [4.69, 9.17) is 0 Å². The fourth-order valence-electron chi connectivity index (χ4n) is 2.27. The Balaban J connectivity index is 2.43. The lowest BCUT2D eigenvalue weighted by Gasteiger charge is -2.11. The number of amides is 1. The van der Waals surface area contributed by atoms with Crippen molar-refractivity contribution in [1.29, 1.82) is 0 Å². The number of nitrogens with one attached hydrogen (secondary N) is 1. The van der Waals surface area contributed by atoms with Crippen LogP contribution in [0.25, 0.3) is 0 Å². The molecule has 134 valence electrons. The highest BCUT2D eigenvalue weighted by atomic mass is 32.2. The lowest BCUT2D eigenvalue weighted by atomic mass is 10.0. The Bertz CT molecular complexity index is 913. The first-order chi connectivity index (χ1) is 11.6. The second-order valence-corrected chi connectivity index (χ2v) is 8.76. The van der Waals surface area contributed by atoms with Crippen molar-refractivity contribution in [3.05, 3.63) is 45.6 Å². The number of hydrogen-bond acceptors (Lipinski definition) is 6. The van der Waals surface area contributed by atoms with Crippen molar-refractivity contribution >= 4 is 38.7 Å². The van der Waals surface area contributed by atoms with Gasteiger partial charge in [-0.2, -0.15) is 0 Å². The van der Waals surface area contributed by atoms with Gasteiger partial charge in [0.2, 0.25) is 0 Å². The zero-order valence-electron chi connectivity index (χ0n) is 14.3. The quantitative estimate of drug-likeness (QED) is 0.803. The third kappa shape index (κ3) is 4.46. The molecule has 1 aromatic carbocycles. The van der Waals surface area contributed by atoms with Crippen molar-refractivity contribution in [2.24, 2.45) is 0 Å². The maximum Gasteiger partial charge on any atom is 0.337 e. The van der Waals surface area contributed by atoms with Crippen molar-refractivity contribution in [2.75, 3.05) is 18.7 Å². The van der Waals surface area contributed by atoms with E-state index < -0.39 is 15.8 Å². The molecule has 1 amide bonds. The van der Waals surface area contributed by atoms with Crippen LogP contribution in [-0.2, 0) is 14.6 Å². The molecule has 2 aromatic rings. The summed E-state index contributed by atoms with van der Waals surface area (Å²) in [6.07, 6.45) is 1.03. The van der Waals surface area contributed by atoms with Gasteiger partial charge in [-0.1, -0.05) is 13.8 Å². The maximum atomic E-state index is 12.5. The summed E-state index contributed by atoms with van der Waals surface area (Å²) < 4.78 is 28.3. The Kier molecular flexibility index (Phi) is 5.64. The lowest BCUT2D eigenvalue weighted by Crippen LogP contribution is -2.14. The fourth-order valence-corrected chi connectivity index (χ4v) is 3.90. The number of rotatable bonds is 5. The van der Waals surface area contributed by atoms with Crippen molar-refractivity contribution in [3.63, 3.8) is 0 Å². The van der Waals surface area contributed by atoms with E-state index in [2.05, 4.69) is 10.1 Å². The van der Waals surface area contributed by atoms with Crippen molar-refractivity contribution in [3.8, 4) is 0 Å². The standard InChI is InChI=1S/C17H19NO5S2/c1-10(2)14-5-6-24-15(14)16(19)18-12-7-11(17(20)23-3)8-13(9-12)25(4,21)22/h5-10H,1-4H3,(H,18,19). The highest BCUT2D eigenvalue weighted by molar-refractivity contribution is 7.90. The molecule has 0 atom stereocenters. The fraction of sp³-hybridized carbons (Fsp3) is 0.294. The second kappa shape index (κ2) is 7.37. The number of sulfone groups is 1. The van der Waals surface area contributed by atoms with Gasteiger partial charge in [0.05, 0.1) is 22.4 Å². The molecule has 1 N–H and O–H groups in total. The summed E-state index contributed by atoms with van der Waals surface area (Å²) in [6, 6.07) is 5.82. The Hall–Kier alpha value is -2.19. The summed E-state index contributed by atoms with van der Waals surface area (Å²) in [7, 11) is -2.35. The Morgan fingerprint density at radius 3 is 2.44 bits per heavy atom. The van der Waals surface area contributed by atoms with E-state index >= 15 is 0 Å². The van der Waals surface area contributed by atoms with E-state index in [-0.39, 0.29) is 28.0 Å².